The highest BCUT2D eigenvalue weighted by atomic mass is 16.6. The van der Waals surface area contributed by atoms with Crippen LogP contribution in [0.2, 0.25) is 0 Å². The lowest BCUT2D eigenvalue weighted by molar-refractivity contribution is -0.384. The predicted octanol–water partition coefficient (Wildman–Crippen LogP) is 5.68. The number of nitrogens with zero attached hydrogens (tertiary/aromatic N) is 2. The van der Waals surface area contributed by atoms with E-state index < -0.39 is 39.8 Å². The second-order valence-corrected chi connectivity index (χ2v) is 10.1. The molecular formula is C30H28N2O7. The minimum atomic E-state index is -1.67. The van der Waals surface area contributed by atoms with Crippen LogP contribution in [0.25, 0.3) is 0 Å². The van der Waals surface area contributed by atoms with Crippen LogP contribution < -0.4 is 4.90 Å². The largest absolute Gasteiger partial charge is 0.466 e. The van der Waals surface area contributed by atoms with Gasteiger partial charge in [-0.2, -0.15) is 0 Å². The number of carbonyl (C=O) groups excluding carboxylic acids is 3. The Morgan fingerprint density at radius 3 is 2.13 bits per heavy atom. The standard InChI is InChI=1S/C30H28N2O7/c1-19(26(33)38-5)25(20-15-17-22(18-16-20)32(36)37)30(21-11-7-6-8-12-21)23-13-9-10-14-24(23)31(27(30)34)28(35)39-29(2,3)4/h6-18,25H,1H2,2-5H3/t25-,30+/m1/s1. The van der Waals surface area contributed by atoms with Crippen molar-refractivity contribution in [3.05, 3.63) is 118 Å². The number of anilines is 1. The summed E-state index contributed by atoms with van der Waals surface area (Å²) >= 11 is 0. The van der Waals surface area contributed by atoms with Gasteiger partial charge >= 0.3 is 12.1 Å². The fourth-order valence-electron chi connectivity index (χ4n) is 5.07. The van der Waals surface area contributed by atoms with Gasteiger partial charge in [0, 0.05) is 23.6 Å². The van der Waals surface area contributed by atoms with Gasteiger partial charge in [-0.15, -0.1) is 0 Å². The van der Waals surface area contributed by atoms with E-state index in [1.807, 2.05) is 0 Å². The summed E-state index contributed by atoms with van der Waals surface area (Å²) in [7, 11) is 1.20. The number of benzene rings is 3. The predicted molar refractivity (Wildman–Crippen MR) is 144 cm³/mol. The smallest absolute Gasteiger partial charge is 0.421 e. The Balaban J connectivity index is 2.08. The topological polar surface area (TPSA) is 116 Å². The molecule has 0 saturated carbocycles. The number of imide groups is 1. The van der Waals surface area contributed by atoms with Crippen molar-refractivity contribution in [3.8, 4) is 0 Å². The van der Waals surface area contributed by atoms with Crippen LogP contribution in [-0.4, -0.2) is 35.6 Å². The monoisotopic (exact) mass is 528 g/mol. The van der Waals surface area contributed by atoms with Crippen molar-refractivity contribution >= 4 is 29.3 Å². The van der Waals surface area contributed by atoms with Gasteiger partial charge in [-0.1, -0.05) is 67.2 Å². The number of nitro benzene ring substituents is 1. The molecule has 0 aliphatic carbocycles. The summed E-state index contributed by atoms with van der Waals surface area (Å²) in [4.78, 5) is 53.0. The number of methoxy groups -OCH3 is 1. The van der Waals surface area contributed by atoms with Gasteiger partial charge in [-0.3, -0.25) is 14.9 Å². The third-order valence-corrected chi connectivity index (χ3v) is 6.58. The van der Waals surface area contributed by atoms with Gasteiger partial charge in [0.05, 0.1) is 17.7 Å². The van der Waals surface area contributed by atoms with E-state index in [0.29, 0.717) is 22.4 Å². The number of ether oxygens (including phenoxy) is 2. The zero-order valence-electron chi connectivity index (χ0n) is 22.0. The van der Waals surface area contributed by atoms with Crippen molar-refractivity contribution in [3.63, 3.8) is 0 Å². The third-order valence-electron chi connectivity index (χ3n) is 6.58. The Hall–Kier alpha value is -4.79. The van der Waals surface area contributed by atoms with Crippen molar-refractivity contribution in [2.24, 2.45) is 0 Å². The first-order valence-corrected chi connectivity index (χ1v) is 12.2. The van der Waals surface area contributed by atoms with Crippen molar-refractivity contribution in [2.75, 3.05) is 12.0 Å². The van der Waals surface area contributed by atoms with E-state index in [2.05, 4.69) is 6.58 Å². The molecule has 0 fully saturated rings. The Morgan fingerprint density at radius 1 is 0.974 bits per heavy atom. The second-order valence-electron chi connectivity index (χ2n) is 10.1. The van der Waals surface area contributed by atoms with E-state index >= 15 is 0 Å². The molecule has 4 rings (SSSR count). The second kappa shape index (κ2) is 10.2. The Kier molecular flexibility index (Phi) is 7.10. The molecule has 0 N–H and O–H groups in total. The molecular weight excluding hydrogens is 500 g/mol. The van der Waals surface area contributed by atoms with Gasteiger partial charge in [0.2, 0.25) is 0 Å². The molecule has 3 aromatic rings. The average molecular weight is 529 g/mol. The third kappa shape index (κ3) is 4.67. The summed E-state index contributed by atoms with van der Waals surface area (Å²) in [5.74, 6) is -2.53. The van der Waals surface area contributed by atoms with Crippen LogP contribution in [0, 0.1) is 10.1 Å². The zero-order chi connectivity index (χ0) is 28.5. The van der Waals surface area contributed by atoms with Crippen LogP contribution in [-0.2, 0) is 24.5 Å². The number of fused-ring (bicyclic) bond motifs is 1. The van der Waals surface area contributed by atoms with Crippen molar-refractivity contribution in [1.29, 1.82) is 0 Å². The summed E-state index contributed by atoms with van der Waals surface area (Å²) < 4.78 is 10.6. The molecule has 0 unspecified atom stereocenters. The molecule has 1 aliphatic heterocycles. The highest BCUT2D eigenvalue weighted by molar-refractivity contribution is 6.23. The van der Waals surface area contributed by atoms with Gasteiger partial charge in [-0.25, -0.2) is 14.5 Å². The summed E-state index contributed by atoms with van der Waals surface area (Å²) in [6, 6.07) is 21.1. The molecule has 9 heteroatoms. The minimum absolute atomic E-state index is 0.0654. The van der Waals surface area contributed by atoms with E-state index in [0.717, 1.165) is 4.90 Å². The molecule has 0 radical (unpaired) electrons. The lowest BCUT2D eigenvalue weighted by atomic mass is 9.61. The number of non-ortho nitro benzene ring substituents is 1. The van der Waals surface area contributed by atoms with Crippen LogP contribution in [0.1, 0.15) is 43.4 Å². The maximum Gasteiger partial charge on any atom is 0.421 e. The van der Waals surface area contributed by atoms with Gasteiger partial charge in [0.15, 0.2) is 0 Å². The maximum atomic E-state index is 14.7. The van der Waals surface area contributed by atoms with Gasteiger partial charge in [-0.05, 0) is 43.5 Å². The Morgan fingerprint density at radius 2 is 1.56 bits per heavy atom. The molecule has 200 valence electrons. The highest BCUT2D eigenvalue weighted by Crippen LogP contribution is 2.56. The molecule has 3 aromatic carbocycles. The molecule has 1 heterocycles. The quantitative estimate of drug-likeness (QED) is 0.175. The first-order valence-electron chi connectivity index (χ1n) is 12.2. The average Bonchev–Trinajstić information content (AvgIpc) is 3.17. The van der Waals surface area contributed by atoms with Gasteiger partial charge in [0.25, 0.3) is 11.6 Å². The number of rotatable bonds is 6. The summed E-state index contributed by atoms with van der Waals surface area (Å²) in [5, 5.41) is 11.4. The number of esters is 1. The fourth-order valence-corrected chi connectivity index (χ4v) is 5.07. The van der Waals surface area contributed by atoms with E-state index in [-0.39, 0.29) is 11.3 Å². The summed E-state index contributed by atoms with van der Waals surface area (Å²) in [5.41, 5.74) is -1.16. The van der Waals surface area contributed by atoms with E-state index in [4.69, 9.17) is 9.47 Å². The maximum absolute atomic E-state index is 14.7. The Bertz CT molecular complexity index is 1460. The number of hydrogen-bond acceptors (Lipinski definition) is 7. The number of amides is 2. The molecule has 0 spiro atoms. The SMILES string of the molecule is C=C(C(=O)OC)[C@H](c1ccc([N+](=O)[O-])cc1)[C@@]1(c2ccccc2)C(=O)N(C(=O)OC(C)(C)C)c2ccccc21. The van der Waals surface area contributed by atoms with Crippen LogP contribution >= 0.6 is 0 Å². The van der Waals surface area contributed by atoms with Crippen LogP contribution in [0.3, 0.4) is 0 Å². The van der Waals surface area contributed by atoms with E-state index in [1.54, 1.807) is 75.4 Å². The van der Waals surface area contributed by atoms with Crippen LogP contribution in [0.15, 0.2) is 91.0 Å². The summed E-state index contributed by atoms with van der Waals surface area (Å²) in [6.07, 6.45) is -0.871. The van der Waals surface area contributed by atoms with E-state index in [9.17, 15) is 24.5 Å². The normalized spacial score (nSPS) is 17.2. The number of nitro groups is 1. The minimum Gasteiger partial charge on any atom is -0.466 e. The molecule has 39 heavy (non-hydrogen) atoms. The molecule has 9 nitrogen and oxygen atoms in total. The van der Waals surface area contributed by atoms with Crippen LogP contribution in [0.5, 0.6) is 0 Å². The molecule has 2 amide bonds. The summed E-state index contributed by atoms with van der Waals surface area (Å²) in [6.45, 7) is 9.10. The fraction of sp³-hybridized carbons (Fsp3) is 0.233. The Labute approximate surface area is 225 Å². The number of hydrogen-bond donors (Lipinski definition) is 0. The van der Waals surface area contributed by atoms with E-state index in [1.165, 1.54) is 31.4 Å². The van der Waals surface area contributed by atoms with Crippen molar-refractivity contribution < 1.29 is 28.8 Å². The number of carbonyl (C=O) groups is 3. The van der Waals surface area contributed by atoms with Crippen molar-refractivity contribution in [1.82, 2.24) is 0 Å². The van der Waals surface area contributed by atoms with Crippen LogP contribution in [0.4, 0.5) is 16.2 Å². The lowest BCUT2D eigenvalue weighted by Gasteiger charge is -2.38. The lowest BCUT2D eigenvalue weighted by Crippen LogP contribution is -2.49. The van der Waals surface area contributed by atoms with Gasteiger partial charge in [0.1, 0.15) is 11.0 Å². The first-order chi connectivity index (χ1) is 18.4. The highest BCUT2D eigenvalue weighted by Gasteiger charge is 2.60. The number of para-hydroxylation sites is 1. The molecule has 0 aromatic heterocycles. The molecule has 1 aliphatic rings. The zero-order valence-corrected chi connectivity index (χ0v) is 22.0. The van der Waals surface area contributed by atoms with Gasteiger partial charge < -0.3 is 9.47 Å². The van der Waals surface area contributed by atoms with Crippen molar-refractivity contribution in [2.45, 2.75) is 37.7 Å². The molecule has 0 saturated heterocycles. The first kappa shape index (κ1) is 27.3. The molecule has 2 atom stereocenters. The molecule has 0 bridgehead atoms.